The summed E-state index contributed by atoms with van der Waals surface area (Å²) in [6.07, 6.45) is 1.91. The molecular weight excluding hydrogens is 1200 g/mol. The Balaban J connectivity index is 1.12. The number of benzene rings is 1. The predicted octanol–water partition coefficient (Wildman–Crippen LogP) is 2.91. The number of thioether (sulfide) groups is 1. The van der Waals surface area contributed by atoms with Gasteiger partial charge in [0.15, 0.2) is 5.72 Å². The fraction of sp³-hybridized carbons (Fsp3) is 0.607. The Labute approximate surface area is 529 Å². The molecule has 4 heterocycles. The van der Waals surface area contributed by atoms with E-state index in [0.717, 1.165) is 40.0 Å². The highest BCUT2D eigenvalue weighted by Crippen LogP contribution is 2.49. The molecular formula is C61H87ClN8O18S. The Morgan fingerprint density at radius 1 is 0.944 bits per heavy atom. The summed E-state index contributed by atoms with van der Waals surface area (Å²) in [5.41, 5.74) is -1.29. The summed E-state index contributed by atoms with van der Waals surface area (Å²) in [4.78, 5) is 136. The first-order chi connectivity index (χ1) is 42.0. The number of nitrogens with zero attached hydrogens (tertiary/aromatic N) is 4. The molecule has 3 saturated heterocycles. The molecule has 4 aliphatic heterocycles. The number of allylic oxidation sites excluding steroid dienone is 3. The average molecular weight is 1290 g/mol. The van der Waals surface area contributed by atoms with Crippen molar-refractivity contribution in [3.05, 3.63) is 71.8 Å². The van der Waals surface area contributed by atoms with Crippen LogP contribution in [0.4, 0.5) is 10.5 Å². The smallest absolute Gasteiger partial charge is 0.409 e. The van der Waals surface area contributed by atoms with Gasteiger partial charge in [-0.25, -0.2) is 9.59 Å². The number of amides is 9. The molecule has 0 saturated carbocycles. The number of anilines is 1. The largest absolute Gasteiger partial charge is 0.495 e. The maximum Gasteiger partial charge on any atom is 0.409 e. The maximum absolute atomic E-state index is 14.5. The molecule has 9 atom stereocenters. The monoisotopic (exact) mass is 1290 g/mol. The lowest BCUT2D eigenvalue weighted by atomic mass is 9.83. The van der Waals surface area contributed by atoms with E-state index in [1.54, 1.807) is 52.0 Å². The first-order valence-corrected chi connectivity index (χ1v) is 30.6. The lowest BCUT2D eigenvalue weighted by Gasteiger charge is -2.42. The van der Waals surface area contributed by atoms with Crippen LogP contribution in [0.1, 0.15) is 85.6 Å². The average Bonchev–Trinajstić information content (AvgIpc) is 1.61. The van der Waals surface area contributed by atoms with Gasteiger partial charge in [-0.1, -0.05) is 69.3 Å². The molecule has 9 amide bonds. The van der Waals surface area contributed by atoms with E-state index in [0.29, 0.717) is 17.9 Å². The molecule has 89 heavy (non-hydrogen) atoms. The Hall–Kier alpha value is -6.88. The van der Waals surface area contributed by atoms with Gasteiger partial charge < -0.3 is 68.9 Å². The zero-order chi connectivity index (χ0) is 66.0. The minimum Gasteiger partial charge on any atom is -0.495 e. The van der Waals surface area contributed by atoms with Crippen LogP contribution in [0.15, 0.2) is 61.2 Å². The number of likely N-dealkylation sites (tertiary alicyclic amines) is 1. The van der Waals surface area contributed by atoms with Crippen molar-refractivity contribution >= 4 is 88.4 Å². The van der Waals surface area contributed by atoms with Crippen LogP contribution in [0.3, 0.4) is 0 Å². The first-order valence-electron chi connectivity index (χ1n) is 29.4. The molecule has 0 aromatic heterocycles. The number of rotatable bonds is 29. The lowest BCUT2D eigenvalue weighted by molar-refractivity contribution is -0.162. The molecule has 0 aliphatic carbocycles. The van der Waals surface area contributed by atoms with Gasteiger partial charge in [0.05, 0.1) is 63.5 Å². The number of fused-ring (bicyclic) bond motifs is 5. The third kappa shape index (κ3) is 20.6. The van der Waals surface area contributed by atoms with E-state index in [9.17, 15) is 53.1 Å². The fourth-order valence-electron chi connectivity index (χ4n) is 10.5. The molecule has 28 heteroatoms. The molecule has 4 aliphatic rings. The molecule has 0 spiro atoms. The van der Waals surface area contributed by atoms with Gasteiger partial charge in [0, 0.05) is 96.7 Å². The molecule has 26 nitrogen and oxygen atoms in total. The van der Waals surface area contributed by atoms with Crippen molar-refractivity contribution in [1.29, 1.82) is 0 Å². The second-order valence-corrected chi connectivity index (χ2v) is 25.3. The Bertz CT molecular complexity index is 2830. The highest BCUT2D eigenvalue weighted by Gasteiger charge is 2.64. The lowest BCUT2D eigenvalue weighted by Crippen LogP contribution is -2.63. The molecule has 3 fully saturated rings. The second-order valence-electron chi connectivity index (χ2n) is 23.0. The number of carbonyl (C=O) groups is 10. The summed E-state index contributed by atoms with van der Waals surface area (Å²) >= 11 is 8.01. The van der Waals surface area contributed by atoms with Crippen LogP contribution in [-0.2, 0) is 78.0 Å². The number of alkyl carbamates (subject to hydrolysis) is 1. The topological polar surface area (TPSA) is 320 Å². The molecule has 4 bridgehead atoms. The number of imide groups is 1. The molecule has 5 rings (SSSR count). The SMILES string of the molecule is C=CC(=O)NCCN(CCNC(=O)C=C)C(=O)CCC(=O)NCCOCCOCCN1C(=O)CC(SC(C)(C)CC(=O)N(C)[C@@H](C)C(=O)O[C@H]2CC(=O)N(C)c3cc(cc(OC)c3Cl)C/C(C)=C/C=C/[C@@H](OC)[C@@]3(O)C[C@H](OC(=O)N3)[C@@H](C)[C@@H]3O[C@@]23C)C1=O. The van der Waals surface area contributed by atoms with Crippen LogP contribution in [0.2, 0.25) is 5.02 Å². The van der Waals surface area contributed by atoms with Gasteiger partial charge in [-0.05, 0) is 57.0 Å². The summed E-state index contributed by atoms with van der Waals surface area (Å²) in [5.74, 6) is -4.52. The van der Waals surface area contributed by atoms with Gasteiger partial charge >= 0.3 is 12.1 Å². The van der Waals surface area contributed by atoms with E-state index < -0.39 is 112 Å². The van der Waals surface area contributed by atoms with Gasteiger partial charge in [0.1, 0.15) is 40.7 Å². The predicted molar refractivity (Wildman–Crippen MR) is 329 cm³/mol. The minimum absolute atomic E-state index is 0.0170. The fourth-order valence-corrected chi connectivity index (χ4v) is 12.2. The first kappa shape index (κ1) is 72.9. The van der Waals surface area contributed by atoms with E-state index in [4.69, 9.17) is 44.8 Å². The number of halogens is 1. The van der Waals surface area contributed by atoms with Crippen LogP contribution >= 0.6 is 23.4 Å². The third-order valence-corrected chi connectivity index (χ3v) is 17.6. The van der Waals surface area contributed by atoms with Crippen LogP contribution < -0.4 is 30.9 Å². The van der Waals surface area contributed by atoms with Crippen molar-refractivity contribution in [2.45, 2.75) is 138 Å². The molecule has 492 valence electrons. The third-order valence-electron chi connectivity index (χ3n) is 15.8. The normalized spacial score (nSPS) is 25.0. The van der Waals surface area contributed by atoms with Crippen LogP contribution in [0.25, 0.3) is 0 Å². The van der Waals surface area contributed by atoms with E-state index in [-0.39, 0.29) is 115 Å². The zero-order valence-electron chi connectivity index (χ0n) is 52.5. The molecule has 1 aromatic carbocycles. The summed E-state index contributed by atoms with van der Waals surface area (Å²) in [6, 6.07) is 2.31. The number of nitrogens with one attached hydrogen (secondary N) is 4. The second kappa shape index (κ2) is 33.3. The van der Waals surface area contributed by atoms with E-state index >= 15 is 0 Å². The molecule has 1 aromatic rings. The number of epoxide rings is 1. The van der Waals surface area contributed by atoms with Crippen molar-refractivity contribution in [3.63, 3.8) is 0 Å². The zero-order valence-corrected chi connectivity index (χ0v) is 54.1. The van der Waals surface area contributed by atoms with Crippen LogP contribution in [0, 0.1) is 5.92 Å². The highest BCUT2D eigenvalue weighted by molar-refractivity contribution is 8.02. The van der Waals surface area contributed by atoms with Crippen molar-refractivity contribution in [1.82, 2.24) is 36.0 Å². The Morgan fingerprint density at radius 2 is 1.60 bits per heavy atom. The highest BCUT2D eigenvalue weighted by atomic mass is 35.5. The summed E-state index contributed by atoms with van der Waals surface area (Å²) < 4.78 is 39.8. The molecule has 5 N–H and O–H groups in total. The number of hydrogen-bond donors (Lipinski definition) is 5. The number of hydrogen-bond acceptors (Lipinski definition) is 19. The maximum atomic E-state index is 14.5. The number of methoxy groups -OCH3 is 2. The number of aliphatic hydroxyl groups is 1. The van der Waals surface area contributed by atoms with Crippen molar-refractivity contribution in [2.24, 2.45) is 5.92 Å². The van der Waals surface area contributed by atoms with E-state index in [2.05, 4.69) is 34.4 Å². The quantitative estimate of drug-likeness (QED) is 0.0253. The molecule has 0 radical (unpaired) electrons. The van der Waals surface area contributed by atoms with Gasteiger partial charge in [0.25, 0.3) is 0 Å². The van der Waals surface area contributed by atoms with E-state index in [1.807, 2.05) is 13.0 Å². The standard InChI is InChI=1S/C61H87ClN8O18S/c1-13-47(71)63-20-23-69(24-21-64-48(72)14-2)50(74)19-18-49(73)65-22-26-84-28-29-85-27-25-70-52(76)33-44(56(70)78)89-59(6,7)36-53(77)67(9)39(5)57(79)87-46-34-51(75)68(10)41-31-40(32-42(82-11)54(41)62)30-37(3)16-15-17-45(83-12)61(81)35-43(86-58(80)66-61)38(4)55-60(46,8)88-55/h13-17,31-32,38-39,43-46,55,81H,1-2,18-30,33-36H2,3-12H3,(H,63,71)(H,64,72)(H,65,73)(H,66,80)/b17-15+,37-16+/t38-,39+,43+,44?,45-,46+,55+,60+,61+/m1/s1. The van der Waals surface area contributed by atoms with E-state index in [1.165, 1.54) is 49.9 Å². The number of ether oxygens (including phenoxy) is 7. The van der Waals surface area contributed by atoms with Gasteiger partial charge in [-0.2, -0.15) is 0 Å². The number of likely N-dealkylation sites (N-methyl/N-ethyl adjacent to an activating group) is 1. The summed E-state index contributed by atoms with van der Waals surface area (Å²) in [7, 11) is 5.83. The van der Waals surface area contributed by atoms with Crippen LogP contribution in [0.5, 0.6) is 5.75 Å². The number of esters is 1. The summed E-state index contributed by atoms with van der Waals surface area (Å²) in [6.45, 7) is 18.3. The van der Waals surface area contributed by atoms with Crippen molar-refractivity contribution in [2.75, 3.05) is 98.9 Å². The van der Waals surface area contributed by atoms with Crippen LogP contribution in [-0.4, -0.2) is 225 Å². The van der Waals surface area contributed by atoms with Gasteiger partial charge in [-0.15, -0.1) is 11.8 Å². The Kier molecular flexibility index (Phi) is 27.2. The minimum atomic E-state index is -1.90. The number of carbonyl (C=O) groups excluding carboxylic acids is 10. The summed E-state index contributed by atoms with van der Waals surface area (Å²) in [5, 5.41) is 21.6. The van der Waals surface area contributed by atoms with Gasteiger partial charge in [0.2, 0.25) is 47.3 Å². The van der Waals surface area contributed by atoms with Crippen molar-refractivity contribution in [3.8, 4) is 5.75 Å². The molecule has 1 unspecified atom stereocenters. The van der Waals surface area contributed by atoms with Crippen molar-refractivity contribution < 1.29 is 86.2 Å². The van der Waals surface area contributed by atoms with Gasteiger partial charge in [-0.3, -0.25) is 48.6 Å². The Morgan fingerprint density at radius 3 is 2.22 bits per heavy atom.